The number of aromatic nitrogens is 1. The van der Waals surface area contributed by atoms with Gasteiger partial charge >= 0.3 is 5.97 Å². The first-order valence-electron chi connectivity index (χ1n) is 7.09. The number of carbonyl (C=O) groups excluding carboxylic acids is 2. The van der Waals surface area contributed by atoms with Crippen molar-refractivity contribution < 1.29 is 29.7 Å². The van der Waals surface area contributed by atoms with E-state index in [-0.39, 0.29) is 34.6 Å². The number of carboxylic acid groups (broad SMARTS) is 1. The molecule has 11 nitrogen and oxygen atoms in total. The number of hydrogen-bond donors (Lipinski definition) is 4. The second kappa shape index (κ2) is 7.49. The number of nitrogens with two attached hydrogens (primary N) is 2. The van der Waals surface area contributed by atoms with Crippen molar-refractivity contribution in [1.82, 2.24) is 15.2 Å². The zero-order chi connectivity index (χ0) is 18.3. The van der Waals surface area contributed by atoms with E-state index < -0.39 is 23.3 Å². The van der Waals surface area contributed by atoms with Gasteiger partial charge in [-0.05, 0) is 0 Å². The second-order valence-electron chi connectivity index (χ2n) is 5.26. The van der Waals surface area contributed by atoms with Crippen molar-refractivity contribution in [3.05, 3.63) is 22.5 Å². The van der Waals surface area contributed by atoms with Gasteiger partial charge in [-0.25, -0.2) is 9.78 Å². The molecule has 2 unspecified atom stereocenters. The molecule has 2 amide bonds. The van der Waals surface area contributed by atoms with Gasteiger partial charge in [0.05, 0.1) is 24.6 Å². The molecule has 2 aliphatic heterocycles. The van der Waals surface area contributed by atoms with Crippen molar-refractivity contribution in [2.75, 3.05) is 12.8 Å². The highest BCUT2D eigenvalue weighted by Gasteiger charge is 2.50. The molecule has 26 heavy (non-hydrogen) atoms. The number of anilines is 1. The Bertz CT molecular complexity index is 781. The van der Waals surface area contributed by atoms with Gasteiger partial charge in [-0.3, -0.25) is 14.5 Å². The highest BCUT2D eigenvalue weighted by atomic mass is 32.2. The molecule has 3 rings (SSSR count). The van der Waals surface area contributed by atoms with Crippen LogP contribution in [0.1, 0.15) is 18.2 Å². The average Bonchev–Trinajstić information content (AvgIpc) is 2.98. The fraction of sp³-hybridized carbons (Fsp3) is 0.385. The lowest BCUT2D eigenvalue weighted by Gasteiger charge is -2.45. The third-order valence-electron chi connectivity index (χ3n) is 3.75. The highest BCUT2D eigenvalue weighted by molar-refractivity contribution is 8.00. The van der Waals surface area contributed by atoms with Crippen LogP contribution in [0.4, 0.5) is 5.13 Å². The predicted molar refractivity (Wildman–Crippen MR) is 93.5 cm³/mol. The number of ether oxygens (including phenoxy) is 1. The van der Waals surface area contributed by atoms with E-state index in [0.29, 0.717) is 10.8 Å². The van der Waals surface area contributed by atoms with E-state index in [1.54, 1.807) is 5.38 Å². The van der Waals surface area contributed by atoms with E-state index in [9.17, 15) is 19.5 Å². The Labute approximate surface area is 155 Å². The molecule has 0 aliphatic carbocycles. The number of amides is 2. The second-order valence-corrected chi connectivity index (χ2v) is 7.44. The Morgan fingerprint density at radius 2 is 2.23 bits per heavy atom. The fourth-order valence-corrected chi connectivity index (χ4v) is 4.55. The summed E-state index contributed by atoms with van der Waals surface area (Å²) in [6.07, 6.45) is 0.194. The van der Waals surface area contributed by atoms with Gasteiger partial charge in [0, 0.05) is 5.38 Å². The molecule has 0 radical (unpaired) electrons. The number of carboxylic acids is 1. The van der Waals surface area contributed by atoms with Crippen LogP contribution in [-0.2, 0) is 19.1 Å². The maximum Gasteiger partial charge on any atom is 0.356 e. The number of aliphatic carboxylic acids is 1. The molecule has 0 bridgehead atoms. The largest absolute Gasteiger partial charge is 0.495 e. The van der Waals surface area contributed by atoms with Gasteiger partial charge in [0.15, 0.2) is 16.6 Å². The van der Waals surface area contributed by atoms with E-state index >= 15 is 0 Å². The first-order valence-corrected chi connectivity index (χ1v) is 8.91. The lowest BCUT2D eigenvalue weighted by Crippen LogP contribution is -2.57. The number of thioether (sulfide) groups is 1. The summed E-state index contributed by atoms with van der Waals surface area (Å²) in [5.74, 6) is -2.17. The SMILES string of the molecule is COC1=C(C(=O)O)N2C(=O)C[C@@H]2SC1NC(=O)C(N)c1csc(N)n1.O. The number of nitrogens with one attached hydrogen (secondary N) is 1. The molecular weight excluding hydrogens is 386 g/mol. The van der Waals surface area contributed by atoms with Gasteiger partial charge in [-0.1, -0.05) is 0 Å². The van der Waals surface area contributed by atoms with E-state index in [0.717, 1.165) is 16.2 Å². The molecule has 1 aromatic rings. The zero-order valence-electron chi connectivity index (χ0n) is 13.5. The van der Waals surface area contributed by atoms with Gasteiger partial charge in [-0.2, -0.15) is 0 Å². The lowest BCUT2D eigenvalue weighted by atomic mass is 10.1. The first-order chi connectivity index (χ1) is 11.8. The monoisotopic (exact) mass is 403 g/mol. The van der Waals surface area contributed by atoms with Crippen LogP contribution in [0.25, 0.3) is 0 Å². The smallest absolute Gasteiger partial charge is 0.356 e. The van der Waals surface area contributed by atoms with Crippen LogP contribution in [0.15, 0.2) is 16.8 Å². The highest BCUT2D eigenvalue weighted by Crippen LogP contribution is 2.43. The average molecular weight is 403 g/mol. The van der Waals surface area contributed by atoms with Crippen molar-refractivity contribution >= 4 is 46.0 Å². The van der Waals surface area contributed by atoms with Crippen LogP contribution >= 0.6 is 23.1 Å². The van der Waals surface area contributed by atoms with E-state index in [4.69, 9.17) is 16.2 Å². The van der Waals surface area contributed by atoms with Gasteiger partial charge in [0.25, 0.3) is 0 Å². The van der Waals surface area contributed by atoms with Gasteiger partial charge < -0.3 is 32.1 Å². The summed E-state index contributed by atoms with van der Waals surface area (Å²) >= 11 is 2.38. The molecular formula is C13H17N5O6S2. The summed E-state index contributed by atoms with van der Waals surface area (Å²) in [6.45, 7) is 0. The third-order valence-corrected chi connectivity index (χ3v) is 5.74. The number of hydrogen-bond acceptors (Lipinski definition) is 9. The predicted octanol–water partition coefficient (Wildman–Crippen LogP) is -1.41. The maximum atomic E-state index is 12.4. The fourth-order valence-electron chi connectivity index (χ4n) is 2.54. The van der Waals surface area contributed by atoms with Crippen LogP contribution < -0.4 is 16.8 Å². The van der Waals surface area contributed by atoms with Crippen LogP contribution in [0.3, 0.4) is 0 Å². The number of nitrogens with zero attached hydrogens (tertiary/aromatic N) is 2. The van der Waals surface area contributed by atoms with Crippen LogP contribution in [0, 0.1) is 0 Å². The molecule has 1 fully saturated rings. The van der Waals surface area contributed by atoms with Crippen LogP contribution in [0.2, 0.25) is 0 Å². The van der Waals surface area contributed by atoms with Crippen LogP contribution in [-0.4, -0.2) is 56.1 Å². The van der Waals surface area contributed by atoms with Crippen molar-refractivity contribution in [2.45, 2.75) is 23.2 Å². The summed E-state index contributed by atoms with van der Waals surface area (Å²) < 4.78 is 5.16. The van der Waals surface area contributed by atoms with Crippen molar-refractivity contribution in [3.8, 4) is 0 Å². The molecule has 0 spiro atoms. The van der Waals surface area contributed by atoms with E-state index in [2.05, 4.69) is 10.3 Å². The molecule has 0 saturated carbocycles. The molecule has 2 aliphatic rings. The van der Waals surface area contributed by atoms with Gasteiger partial charge in [-0.15, -0.1) is 23.1 Å². The van der Waals surface area contributed by atoms with Gasteiger partial charge in [0.2, 0.25) is 11.8 Å². The number of fused-ring (bicyclic) bond motifs is 1. The minimum Gasteiger partial charge on any atom is -0.495 e. The number of thiazole rings is 1. The zero-order valence-corrected chi connectivity index (χ0v) is 15.1. The number of β-lactam (4-membered cyclic amide) rings is 1. The molecule has 3 atom stereocenters. The molecule has 1 saturated heterocycles. The topological polar surface area (TPSA) is 192 Å². The number of carbonyl (C=O) groups is 3. The Morgan fingerprint density at radius 3 is 2.73 bits per heavy atom. The Kier molecular flexibility index (Phi) is 5.75. The summed E-state index contributed by atoms with van der Waals surface area (Å²) in [7, 11) is 1.28. The molecule has 1 aromatic heterocycles. The standard InChI is InChI=1S/C13H15N5O5S2.H2O/c1-23-9-8(12(21)22)18-5(19)2-6(18)25-11(9)17-10(20)7(14)4-3-24-13(15)16-4;/h3,6-7,11H,2,14H2,1H3,(H2,15,16)(H,17,20)(H,21,22);1H2/t6-,7?,11?;/m0./s1. The molecule has 8 N–H and O–H groups in total. The Balaban J connectivity index is 0.00000243. The summed E-state index contributed by atoms with van der Waals surface area (Å²) in [6, 6.07) is -1.05. The van der Waals surface area contributed by atoms with Crippen LogP contribution in [0.5, 0.6) is 0 Å². The lowest BCUT2D eigenvalue weighted by molar-refractivity contribution is -0.146. The number of methoxy groups -OCH3 is 1. The summed E-state index contributed by atoms with van der Waals surface area (Å²) in [5, 5.41) is 12.8. The Morgan fingerprint density at radius 1 is 1.54 bits per heavy atom. The minimum atomic E-state index is -1.30. The minimum absolute atomic E-state index is 0. The number of nitrogen functional groups attached to an aromatic ring is 1. The van der Waals surface area contributed by atoms with E-state index in [1.807, 2.05) is 0 Å². The maximum absolute atomic E-state index is 12.4. The quantitative estimate of drug-likeness (QED) is 0.427. The van der Waals surface area contributed by atoms with Gasteiger partial charge in [0.1, 0.15) is 11.4 Å². The molecule has 13 heteroatoms. The Hall–Kier alpha value is -2.35. The molecule has 142 valence electrons. The van der Waals surface area contributed by atoms with Crippen molar-refractivity contribution in [2.24, 2.45) is 5.73 Å². The molecule has 3 heterocycles. The van der Waals surface area contributed by atoms with Crippen molar-refractivity contribution in [1.29, 1.82) is 0 Å². The third kappa shape index (κ3) is 3.33. The number of rotatable bonds is 5. The van der Waals surface area contributed by atoms with E-state index in [1.165, 1.54) is 18.9 Å². The van der Waals surface area contributed by atoms with Crippen molar-refractivity contribution in [3.63, 3.8) is 0 Å². The molecule has 0 aromatic carbocycles. The first kappa shape index (κ1) is 20.0. The summed E-state index contributed by atoms with van der Waals surface area (Å²) in [4.78, 5) is 40.8. The summed E-state index contributed by atoms with van der Waals surface area (Å²) in [5.41, 5.74) is 11.5. The normalized spacial score (nSPS) is 22.7.